The van der Waals surface area contributed by atoms with E-state index >= 15 is 0 Å². The molecule has 0 rings (SSSR count). The topological polar surface area (TPSA) is 66.4 Å². The van der Waals surface area contributed by atoms with E-state index in [1.54, 1.807) is 0 Å². The molecule has 0 aromatic rings. The number of amides is 1. The first-order valence-corrected chi connectivity index (χ1v) is 5.45. The van der Waals surface area contributed by atoms with E-state index in [-0.39, 0.29) is 6.42 Å². The molecule has 0 aliphatic rings. The van der Waals surface area contributed by atoms with Gasteiger partial charge in [0.2, 0.25) is 5.91 Å². The third-order valence-corrected chi connectivity index (χ3v) is 2.15. The number of hydrogen-bond acceptors (Lipinski definition) is 3. The lowest BCUT2D eigenvalue weighted by Crippen LogP contribution is -2.40. The number of carboxylic acids is 1. The molecule has 5 heteroatoms. The second-order valence-electron chi connectivity index (χ2n) is 2.62. The number of thioether (sulfide) groups is 1. The molecule has 1 atom stereocenters. The molecular formula is C9H13NO3S. The molecule has 2 N–H and O–H groups in total. The van der Waals surface area contributed by atoms with Crippen molar-refractivity contribution in [1.29, 1.82) is 0 Å². The van der Waals surface area contributed by atoms with Gasteiger partial charge in [-0.2, -0.15) is 11.8 Å². The molecule has 1 unspecified atom stereocenters. The van der Waals surface area contributed by atoms with E-state index in [9.17, 15) is 9.59 Å². The fourth-order valence-corrected chi connectivity index (χ4v) is 1.30. The second kappa shape index (κ2) is 7.27. The Bertz CT molecular complexity index is 247. The maximum atomic E-state index is 11.0. The molecule has 0 aliphatic heterocycles. The van der Waals surface area contributed by atoms with Crippen molar-refractivity contribution < 1.29 is 14.7 Å². The van der Waals surface area contributed by atoms with E-state index < -0.39 is 17.9 Å². The third-order valence-electron chi connectivity index (χ3n) is 1.51. The molecule has 0 aromatic carbocycles. The highest BCUT2D eigenvalue weighted by atomic mass is 32.2. The summed E-state index contributed by atoms with van der Waals surface area (Å²) >= 11 is 1.53. The number of hydrogen-bond donors (Lipinski definition) is 2. The molecule has 0 aliphatic carbocycles. The van der Waals surface area contributed by atoms with Crippen LogP contribution in [0.15, 0.2) is 0 Å². The Morgan fingerprint density at radius 3 is 2.71 bits per heavy atom. The lowest BCUT2D eigenvalue weighted by atomic mass is 10.2. The highest BCUT2D eigenvalue weighted by Gasteiger charge is 2.18. The Hall–Kier alpha value is -1.15. The summed E-state index contributed by atoms with van der Waals surface area (Å²) in [6, 6.07) is -0.830. The molecule has 0 saturated carbocycles. The van der Waals surface area contributed by atoms with Gasteiger partial charge in [0, 0.05) is 0 Å². The zero-order chi connectivity index (χ0) is 11.0. The number of carbonyl (C=O) groups excluding carboxylic acids is 1. The molecule has 0 fully saturated rings. The Kier molecular flexibility index (Phi) is 6.68. The lowest BCUT2D eigenvalue weighted by molar-refractivity contribution is -0.141. The average Bonchev–Trinajstić information content (AvgIpc) is 2.12. The van der Waals surface area contributed by atoms with Crippen LogP contribution in [0.5, 0.6) is 0 Å². The molecule has 0 bridgehead atoms. The van der Waals surface area contributed by atoms with Gasteiger partial charge in [-0.3, -0.25) is 4.79 Å². The van der Waals surface area contributed by atoms with Crippen molar-refractivity contribution in [1.82, 2.24) is 5.32 Å². The molecule has 4 nitrogen and oxygen atoms in total. The van der Waals surface area contributed by atoms with Crippen LogP contribution in [0.25, 0.3) is 0 Å². The molecule has 0 spiro atoms. The molecule has 14 heavy (non-hydrogen) atoms. The van der Waals surface area contributed by atoms with E-state index in [1.165, 1.54) is 11.8 Å². The van der Waals surface area contributed by atoms with Crippen molar-refractivity contribution in [3.63, 3.8) is 0 Å². The Morgan fingerprint density at radius 2 is 2.29 bits per heavy atom. The number of aliphatic carboxylic acids is 1. The summed E-state index contributed by atoms with van der Waals surface area (Å²) in [4.78, 5) is 21.7. The van der Waals surface area contributed by atoms with Crippen molar-refractivity contribution in [3.05, 3.63) is 0 Å². The quantitative estimate of drug-likeness (QED) is 0.627. The van der Waals surface area contributed by atoms with Gasteiger partial charge < -0.3 is 10.4 Å². The number of carboxylic acid groups (broad SMARTS) is 1. The fraction of sp³-hybridized carbons (Fsp3) is 0.556. The molecule has 0 radical (unpaired) electrons. The predicted molar refractivity (Wildman–Crippen MR) is 56.0 cm³/mol. The van der Waals surface area contributed by atoms with Gasteiger partial charge in [-0.1, -0.05) is 5.92 Å². The van der Waals surface area contributed by atoms with Crippen LogP contribution >= 0.6 is 11.8 Å². The van der Waals surface area contributed by atoms with Crippen LogP contribution in [0.2, 0.25) is 0 Å². The molecule has 0 heterocycles. The minimum atomic E-state index is -1.02. The standard InChI is InChI=1S/C9H13NO3S/c1-3-4-8(11)10-7(9(12)13)5-6-14-2/h1,7H,4-6H2,2H3,(H,10,11)(H,12,13). The molecule has 0 saturated heterocycles. The highest BCUT2D eigenvalue weighted by molar-refractivity contribution is 7.98. The number of rotatable bonds is 6. The van der Waals surface area contributed by atoms with Crippen molar-refractivity contribution in [2.75, 3.05) is 12.0 Å². The fourth-order valence-electron chi connectivity index (χ4n) is 0.831. The van der Waals surface area contributed by atoms with Crippen molar-refractivity contribution in [2.24, 2.45) is 0 Å². The first kappa shape index (κ1) is 12.8. The van der Waals surface area contributed by atoms with Crippen LogP contribution < -0.4 is 5.32 Å². The van der Waals surface area contributed by atoms with Crippen molar-refractivity contribution in [2.45, 2.75) is 18.9 Å². The Morgan fingerprint density at radius 1 is 1.64 bits per heavy atom. The number of nitrogens with one attached hydrogen (secondary N) is 1. The summed E-state index contributed by atoms with van der Waals surface area (Å²) in [5.41, 5.74) is 0. The van der Waals surface area contributed by atoms with Crippen molar-refractivity contribution in [3.8, 4) is 12.3 Å². The SMILES string of the molecule is C#CCC(=O)NC(CCSC)C(=O)O. The molecule has 1 amide bonds. The van der Waals surface area contributed by atoms with Gasteiger partial charge in [0.25, 0.3) is 0 Å². The Labute approximate surface area is 87.4 Å². The predicted octanol–water partition coefficient (Wildman–Crippen LogP) is 0.332. The van der Waals surface area contributed by atoms with Crippen LogP contribution in [-0.4, -0.2) is 35.0 Å². The van der Waals surface area contributed by atoms with Gasteiger partial charge in [-0.15, -0.1) is 6.42 Å². The smallest absolute Gasteiger partial charge is 0.326 e. The maximum absolute atomic E-state index is 11.0. The largest absolute Gasteiger partial charge is 0.480 e. The van der Waals surface area contributed by atoms with Crippen LogP contribution in [0, 0.1) is 12.3 Å². The van der Waals surface area contributed by atoms with Gasteiger partial charge in [0.15, 0.2) is 0 Å². The van der Waals surface area contributed by atoms with Gasteiger partial charge in [-0.05, 0) is 18.4 Å². The van der Waals surface area contributed by atoms with Gasteiger partial charge in [0.1, 0.15) is 6.04 Å². The molecular weight excluding hydrogens is 202 g/mol. The maximum Gasteiger partial charge on any atom is 0.326 e. The van der Waals surface area contributed by atoms with Crippen LogP contribution in [0.3, 0.4) is 0 Å². The second-order valence-corrected chi connectivity index (χ2v) is 3.61. The highest BCUT2D eigenvalue weighted by Crippen LogP contribution is 2.01. The summed E-state index contributed by atoms with van der Waals surface area (Å²) < 4.78 is 0. The summed E-state index contributed by atoms with van der Waals surface area (Å²) in [7, 11) is 0. The summed E-state index contributed by atoms with van der Waals surface area (Å²) in [5, 5.41) is 11.1. The van der Waals surface area contributed by atoms with E-state index in [2.05, 4.69) is 11.2 Å². The van der Waals surface area contributed by atoms with E-state index in [0.717, 1.165) is 0 Å². The monoisotopic (exact) mass is 215 g/mol. The minimum absolute atomic E-state index is 0.0803. The zero-order valence-electron chi connectivity index (χ0n) is 7.95. The lowest BCUT2D eigenvalue weighted by Gasteiger charge is -2.12. The number of terminal acetylenes is 1. The summed E-state index contributed by atoms with van der Waals surface area (Å²) in [5.74, 6) is 1.41. The van der Waals surface area contributed by atoms with Crippen LogP contribution in [0.4, 0.5) is 0 Å². The first-order valence-electron chi connectivity index (χ1n) is 4.06. The van der Waals surface area contributed by atoms with Gasteiger partial charge in [0.05, 0.1) is 6.42 Å². The van der Waals surface area contributed by atoms with Gasteiger partial charge >= 0.3 is 5.97 Å². The molecule has 0 aromatic heterocycles. The Balaban J connectivity index is 4.03. The van der Waals surface area contributed by atoms with Crippen LogP contribution in [-0.2, 0) is 9.59 Å². The summed E-state index contributed by atoms with van der Waals surface area (Å²) in [6.45, 7) is 0. The minimum Gasteiger partial charge on any atom is -0.480 e. The zero-order valence-corrected chi connectivity index (χ0v) is 8.76. The van der Waals surface area contributed by atoms with Crippen LogP contribution in [0.1, 0.15) is 12.8 Å². The third kappa shape index (κ3) is 5.49. The van der Waals surface area contributed by atoms with E-state index in [4.69, 9.17) is 11.5 Å². The number of carbonyl (C=O) groups is 2. The van der Waals surface area contributed by atoms with Gasteiger partial charge in [-0.25, -0.2) is 4.79 Å². The van der Waals surface area contributed by atoms with E-state index in [1.807, 2.05) is 6.26 Å². The first-order chi connectivity index (χ1) is 6.61. The average molecular weight is 215 g/mol. The van der Waals surface area contributed by atoms with E-state index in [0.29, 0.717) is 12.2 Å². The summed E-state index contributed by atoms with van der Waals surface area (Å²) in [6.07, 6.45) is 7.13. The normalized spacial score (nSPS) is 11.4. The molecule has 78 valence electrons. The van der Waals surface area contributed by atoms with Crippen molar-refractivity contribution >= 4 is 23.6 Å².